The van der Waals surface area contributed by atoms with Gasteiger partial charge in [-0.1, -0.05) is 12.1 Å². The van der Waals surface area contributed by atoms with Crippen molar-refractivity contribution in [3.63, 3.8) is 0 Å². The highest BCUT2D eigenvalue weighted by molar-refractivity contribution is 6.05. The first-order valence-corrected chi connectivity index (χ1v) is 10.7. The molecule has 4 rings (SSSR count). The van der Waals surface area contributed by atoms with E-state index in [1.54, 1.807) is 34.1 Å². The SMILES string of the molecule is O=C(Nc1cccc(C(F)(F)F)c1)c1cccc(NC(=O)N2CCN(C(=O)c3ccco3)CC2)c1. The highest BCUT2D eigenvalue weighted by Gasteiger charge is 2.30. The summed E-state index contributed by atoms with van der Waals surface area (Å²) in [7, 11) is 0. The molecule has 0 radical (unpaired) electrons. The van der Waals surface area contributed by atoms with E-state index >= 15 is 0 Å². The number of hydrogen-bond donors (Lipinski definition) is 2. The van der Waals surface area contributed by atoms with Gasteiger partial charge in [-0.25, -0.2) is 4.79 Å². The molecule has 35 heavy (non-hydrogen) atoms. The van der Waals surface area contributed by atoms with Gasteiger partial charge in [0.15, 0.2) is 5.76 Å². The first-order chi connectivity index (χ1) is 16.7. The Morgan fingerprint density at radius 3 is 2.11 bits per heavy atom. The number of anilines is 2. The predicted octanol–water partition coefficient (Wildman–Crippen LogP) is 4.54. The summed E-state index contributed by atoms with van der Waals surface area (Å²) in [5, 5.41) is 5.14. The van der Waals surface area contributed by atoms with Gasteiger partial charge < -0.3 is 24.9 Å². The topological polar surface area (TPSA) is 94.9 Å². The van der Waals surface area contributed by atoms with Crippen molar-refractivity contribution < 1.29 is 32.0 Å². The summed E-state index contributed by atoms with van der Waals surface area (Å²) < 4.78 is 43.8. The molecule has 4 amide bonds. The Kier molecular flexibility index (Phi) is 6.76. The Labute approximate surface area is 198 Å². The van der Waals surface area contributed by atoms with Crippen molar-refractivity contribution in [2.75, 3.05) is 36.8 Å². The van der Waals surface area contributed by atoms with Crippen molar-refractivity contribution in [1.29, 1.82) is 0 Å². The Balaban J connectivity index is 1.34. The van der Waals surface area contributed by atoms with Gasteiger partial charge in [-0.3, -0.25) is 9.59 Å². The van der Waals surface area contributed by atoms with Crippen LogP contribution in [0.25, 0.3) is 0 Å². The lowest BCUT2D eigenvalue weighted by molar-refractivity contribution is -0.137. The number of carbonyl (C=O) groups excluding carboxylic acids is 3. The standard InChI is InChI=1S/C24H21F3N4O4/c25-24(26,27)17-5-2-7-19(15-17)28-21(32)16-4-1-6-18(14-16)29-23(34)31-11-9-30(10-12-31)22(33)20-8-3-13-35-20/h1-8,13-15H,9-12H2,(H,28,32)(H,29,34). The van der Waals surface area contributed by atoms with E-state index in [0.29, 0.717) is 31.9 Å². The normalized spacial score (nSPS) is 13.9. The molecule has 0 spiro atoms. The second-order valence-corrected chi connectivity index (χ2v) is 7.80. The fourth-order valence-electron chi connectivity index (χ4n) is 3.59. The molecule has 0 unspecified atom stereocenters. The third-order valence-electron chi connectivity index (χ3n) is 5.41. The second kappa shape index (κ2) is 9.92. The summed E-state index contributed by atoms with van der Waals surface area (Å²) in [5.74, 6) is -0.622. The summed E-state index contributed by atoms with van der Waals surface area (Å²) >= 11 is 0. The van der Waals surface area contributed by atoms with Gasteiger partial charge in [0.2, 0.25) is 0 Å². The molecular formula is C24H21F3N4O4. The summed E-state index contributed by atoms with van der Waals surface area (Å²) in [4.78, 5) is 40.7. The summed E-state index contributed by atoms with van der Waals surface area (Å²) in [6.07, 6.45) is -3.10. The molecule has 0 saturated carbocycles. The first-order valence-electron chi connectivity index (χ1n) is 10.7. The van der Waals surface area contributed by atoms with Gasteiger partial charge in [0.25, 0.3) is 11.8 Å². The van der Waals surface area contributed by atoms with E-state index in [2.05, 4.69) is 10.6 Å². The zero-order valence-electron chi connectivity index (χ0n) is 18.3. The number of amides is 4. The highest BCUT2D eigenvalue weighted by Crippen LogP contribution is 2.30. The molecule has 1 saturated heterocycles. The minimum Gasteiger partial charge on any atom is -0.459 e. The van der Waals surface area contributed by atoms with Gasteiger partial charge in [-0.15, -0.1) is 0 Å². The first kappa shape index (κ1) is 23.9. The minimum absolute atomic E-state index is 0.00114. The maximum Gasteiger partial charge on any atom is 0.416 e. The second-order valence-electron chi connectivity index (χ2n) is 7.80. The monoisotopic (exact) mass is 486 g/mol. The number of piperazine rings is 1. The third-order valence-corrected chi connectivity index (χ3v) is 5.41. The van der Waals surface area contributed by atoms with Crippen molar-refractivity contribution in [2.24, 2.45) is 0 Å². The van der Waals surface area contributed by atoms with Crippen LogP contribution in [-0.4, -0.2) is 53.8 Å². The molecule has 0 aliphatic carbocycles. The maximum atomic E-state index is 12.9. The van der Waals surface area contributed by atoms with Crippen molar-refractivity contribution >= 4 is 29.2 Å². The average molecular weight is 486 g/mol. The van der Waals surface area contributed by atoms with Gasteiger partial charge in [-0.2, -0.15) is 13.2 Å². The molecule has 1 aliphatic heterocycles. The molecule has 2 aromatic carbocycles. The van der Waals surface area contributed by atoms with Crippen molar-refractivity contribution in [2.45, 2.75) is 6.18 Å². The van der Waals surface area contributed by atoms with Crippen LogP contribution in [0.15, 0.2) is 71.3 Å². The number of nitrogens with one attached hydrogen (secondary N) is 2. The zero-order chi connectivity index (χ0) is 25.0. The molecule has 0 bridgehead atoms. The van der Waals surface area contributed by atoms with Crippen LogP contribution in [0.4, 0.5) is 29.3 Å². The molecule has 1 aromatic heterocycles. The lowest BCUT2D eigenvalue weighted by Gasteiger charge is -2.34. The summed E-state index contributed by atoms with van der Waals surface area (Å²) in [5.41, 5.74) is -0.363. The third kappa shape index (κ3) is 5.81. The van der Waals surface area contributed by atoms with Gasteiger partial charge in [0, 0.05) is 43.1 Å². The molecule has 0 atom stereocenters. The van der Waals surface area contributed by atoms with Crippen LogP contribution < -0.4 is 10.6 Å². The van der Waals surface area contributed by atoms with Gasteiger partial charge in [0.05, 0.1) is 11.8 Å². The van der Waals surface area contributed by atoms with Crippen LogP contribution >= 0.6 is 0 Å². The Bertz CT molecular complexity index is 1220. The Hall–Kier alpha value is -4.28. The Morgan fingerprint density at radius 2 is 1.46 bits per heavy atom. The number of rotatable bonds is 4. The van der Waals surface area contributed by atoms with E-state index in [4.69, 9.17) is 4.42 Å². The van der Waals surface area contributed by atoms with Gasteiger partial charge in [0.1, 0.15) is 0 Å². The highest BCUT2D eigenvalue weighted by atomic mass is 19.4. The fourth-order valence-corrected chi connectivity index (χ4v) is 3.59. The lowest BCUT2D eigenvalue weighted by atomic mass is 10.1. The van der Waals surface area contributed by atoms with E-state index in [-0.39, 0.29) is 22.9 Å². The number of hydrogen-bond acceptors (Lipinski definition) is 4. The van der Waals surface area contributed by atoms with Crippen LogP contribution in [0.5, 0.6) is 0 Å². The van der Waals surface area contributed by atoms with E-state index in [1.165, 1.54) is 30.5 Å². The number of halogens is 3. The van der Waals surface area contributed by atoms with Crippen LogP contribution in [0, 0.1) is 0 Å². The van der Waals surface area contributed by atoms with E-state index in [9.17, 15) is 27.6 Å². The fraction of sp³-hybridized carbons (Fsp3) is 0.208. The van der Waals surface area contributed by atoms with Crippen LogP contribution in [0.2, 0.25) is 0 Å². The van der Waals surface area contributed by atoms with Crippen LogP contribution in [0.3, 0.4) is 0 Å². The van der Waals surface area contributed by atoms with E-state index in [1.807, 2.05) is 0 Å². The van der Waals surface area contributed by atoms with Crippen molar-refractivity contribution in [1.82, 2.24) is 9.80 Å². The van der Waals surface area contributed by atoms with Crippen LogP contribution in [0.1, 0.15) is 26.5 Å². The number of nitrogens with zero attached hydrogens (tertiary/aromatic N) is 2. The molecular weight excluding hydrogens is 465 g/mol. The smallest absolute Gasteiger partial charge is 0.416 e. The molecule has 3 aromatic rings. The molecule has 1 fully saturated rings. The largest absolute Gasteiger partial charge is 0.459 e. The summed E-state index contributed by atoms with van der Waals surface area (Å²) in [6.45, 7) is 1.31. The Morgan fingerprint density at radius 1 is 0.800 bits per heavy atom. The molecule has 182 valence electrons. The number of alkyl halides is 3. The number of carbonyl (C=O) groups is 3. The van der Waals surface area contributed by atoms with Crippen LogP contribution in [-0.2, 0) is 6.18 Å². The zero-order valence-corrected chi connectivity index (χ0v) is 18.3. The van der Waals surface area contributed by atoms with Gasteiger partial charge in [-0.05, 0) is 48.5 Å². The minimum atomic E-state index is -4.53. The number of benzene rings is 2. The van der Waals surface area contributed by atoms with Crippen molar-refractivity contribution in [3.05, 3.63) is 83.8 Å². The molecule has 1 aliphatic rings. The predicted molar refractivity (Wildman–Crippen MR) is 121 cm³/mol. The molecule has 2 heterocycles. The lowest BCUT2D eigenvalue weighted by Crippen LogP contribution is -2.51. The van der Waals surface area contributed by atoms with Gasteiger partial charge >= 0.3 is 12.2 Å². The molecule has 2 N–H and O–H groups in total. The maximum absolute atomic E-state index is 12.9. The average Bonchev–Trinajstić information content (AvgIpc) is 3.38. The van der Waals surface area contributed by atoms with E-state index in [0.717, 1.165) is 12.1 Å². The molecule has 11 heteroatoms. The molecule has 8 nitrogen and oxygen atoms in total. The quantitative estimate of drug-likeness (QED) is 0.566. The number of furan rings is 1. The van der Waals surface area contributed by atoms with E-state index < -0.39 is 23.7 Å². The van der Waals surface area contributed by atoms with Crippen molar-refractivity contribution in [3.8, 4) is 0 Å². The number of urea groups is 1. The summed E-state index contributed by atoms with van der Waals surface area (Å²) in [6, 6.07) is 13.2.